The van der Waals surface area contributed by atoms with Crippen molar-refractivity contribution in [3.63, 3.8) is 0 Å². The Hall–Kier alpha value is -2.51. The summed E-state index contributed by atoms with van der Waals surface area (Å²) in [4.78, 5) is 13.2. The number of hydrazine groups is 1. The van der Waals surface area contributed by atoms with Gasteiger partial charge in [-0.1, -0.05) is 35.5 Å². The molecule has 0 aliphatic carbocycles. The molecule has 1 fully saturated rings. The molecule has 1 aliphatic heterocycles. The number of amides is 1. The number of ether oxygens (including phenoxy) is 2. The van der Waals surface area contributed by atoms with Gasteiger partial charge >= 0.3 is 0 Å². The van der Waals surface area contributed by atoms with Gasteiger partial charge in [-0.15, -0.1) is 0 Å². The Morgan fingerprint density at radius 3 is 2.42 bits per heavy atom. The van der Waals surface area contributed by atoms with Gasteiger partial charge in [0.15, 0.2) is 15.8 Å². The van der Waals surface area contributed by atoms with E-state index in [1.54, 1.807) is 26.4 Å². The second kappa shape index (κ2) is 7.80. The van der Waals surface area contributed by atoms with E-state index in [-0.39, 0.29) is 5.91 Å². The highest BCUT2D eigenvalue weighted by atomic mass is 32.2. The van der Waals surface area contributed by atoms with Crippen LogP contribution in [0.3, 0.4) is 0 Å². The molecule has 0 atom stereocenters. The molecule has 1 N–H and O–H groups in total. The van der Waals surface area contributed by atoms with Crippen molar-refractivity contribution < 1.29 is 14.3 Å². The fourth-order valence-electron chi connectivity index (χ4n) is 2.42. The number of hydrogen-bond donors (Lipinski definition) is 1. The second-order valence-corrected chi connectivity index (χ2v) is 7.29. The molecule has 1 heterocycles. The van der Waals surface area contributed by atoms with E-state index >= 15 is 0 Å². The molecule has 2 aromatic rings. The maximum Gasteiger partial charge on any atom is 0.285 e. The number of nitrogens with zero attached hydrogens (tertiary/aromatic N) is 1. The largest absolute Gasteiger partial charge is 0.493 e. The van der Waals surface area contributed by atoms with Crippen molar-refractivity contribution in [3.8, 4) is 11.5 Å². The summed E-state index contributed by atoms with van der Waals surface area (Å²) in [6, 6.07) is 13.2. The highest BCUT2D eigenvalue weighted by molar-refractivity contribution is 8.26. The molecule has 2 aromatic carbocycles. The third-order valence-electron chi connectivity index (χ3n) is 3.79. The standard InChI is InChI=1S/C19H18N2O3S2/c1-12-4-7-14(8-5-12)20-21-18(22)17(26-19(21)25)11-13-6-9-15(23-2)16(10-13)24-3/h4-11,20H,1-3H3/b17-11+. The third-order valence-corrected chi connectivity index (χ3v) is 5.09. The fourth-order valence-corrected chi connectivity index (χ4v) is 3.59. The first-order chi connectivity index (χ1) is 12.5. The smallest absolute Gasteiger partial charge is 0.285 e. The van der Waals surface area contributed by atoms with Crippen molar-refractivity contribution in [1.82, 2.24) is 5.01 Å². The summed E-state index contributed by atoms with van der Waals surface area (Å²) in [5.41, 5.74) is 5.84. The number of carbonyl (C=O) groups is 1. The van der Waals surface area contributed by atoms with Gasteiger partial charge in [0, 0.05) is 0 Å². The van der Waals surface area contributed by atoms with E-state index < -0.39 is 0 Å². The van der Waals surface area contributed by atoms with Crippen molar-refractivity contribution in [2.75, 3.05) is 19.6 Å². The van der Waals surface area contributed by atoms with E-state index in [1.807, 2.05) is 43.3 Å². The second-order valence-electron chi connectivity index (χ2n) is 5.61. The molecule has 7 heteroatoms. The van der Waals surface area contributed by atoms with E-state index in [1.165, 1.54) is 16.8 Å². The molecule has 3 rings (SSSR count). The Labute approximate surface area is 161 Å². The molecular formula is C19H18N2O3S2. The predicted octanol–water partition coefficient (Wildman–Crippen LogP) is 4.24. The van der Waals surface area contributed by atoms with E-state index in [2.05, 4.69) is 5.43 Å². The quantitative estimate of drug-likeness (QED) is 0.613. The predicted molar refractivity (Wildman–Crippen MR) is 109 cm³/mol. The lowest BCUT2D eigenvalue weighted by molar-refractivity contribution is -0.121. The molecule has 1 saturated heterocycles. The third kappa shape index (κ3) is 3.84. The van der Waals surface area contributed by atoms with Crippen LogP contribution in [0.5, 0.6) is 11.5 Å². The maximum absolute atomic E-state index is 12.7. The summed E-state index contributed by atoms with van der Waals surface area (Å²) in [6.45, 7) is 2.01. The topological polar surface area (TPSA) is 50.8 Å². The van der Waals surface area contributed by atoms with Crippen molar-refractivity contribution in [2.45, 2.75) is 6.92 Å². The number of nitrogens with one attached hydrogen (secondary N) is 1. The number of benzene rings is 2. The van der Waals surface area contributed by atoms with Crippen LogP contribution in [-0.2, 0) is 4.79 Å². The summed E-state index contributed by atoms with van der Waals surface area (Å²) in [5, 5.41) is 1.39. The maximum atomic E-state index is 12.7. The van der Waals surface area contributed by atoms with Crippen LogP contribution < -0.4 is 14.9 Å². The zero-order chi connectivity index (χ0) is 18.7. The molecule has 0 unspecified atom stereocenters. The van der Waals surface area contributed by atoms with Crippen LogP contribution in [0.2, 0.25) is 0 Å². The number of hydrogen-bond acceptors (Lipinski definition) is 6. The Kier molecular flexibility index (Phi) is 5.49. The van der Waals surface area contributed by atoms with E-state index in [0.717, 1.165) is 16.8 Å². The number of carbonyl (C=O) groups excluding carboxylic acids is 1. The van der Waals surface area contributed by atoms with Gasteiger partial charge in [-0.25, -0.2) is 5.01 Å². The number of aryl methyl sites for hydroxylation is 1. The molecule has 0 spiro atoms. The van der Waals surface area contributed by atoms with Gasteiger partial charge in [0.2, 0.25) is 0 Å². The molecule has 0 radical (unpaired) electrons. The molecule has 0 aromatic heterocycles. The van der Waals surface area contributed by atoms with Gasteiger partial charge in [0.1, 0.15) is 0 Å². The fraction of sp³-hybridized carbons (Fsp3) is 0.158. The summed E-state index contributed by atoms with van der Waals surface area (Å²) < 4.78 is 11.0. The average Bonchev–Trinajstić information content (AvgIpc) is 2.90. The zero-order valence-corrected chi connectivity index (χ0v) is 16.2. The van der Waals surface area contributed by atoms with Gasteiger partial charge < -0.3 is 9.47 Å². The number of methoxy groups -OCH3 is 2. The van der Waals surface area contributed by atoms with Gasteiger partial charge in [0.05, 0.1) is 24.8 Å². The Balaban J connectivity index is 1.81. The first kappa shape index (κ1) is 18.3. The summed E-state index contributed by atoms with van der Waals surface area (Å²) in [6.07, 6.45) is 1.79. The van der Waals surface area contributed by atoms with Crippen LogP contribution in [0.4, 0.5) is 5.69 Å². The summed E-state index contributed by atoms with van der Waals surface area (Å²) in [7, 11) is 3.16. The van der Waals surface area contributed by atoms with Gasteiger partial charge in [-0.3, -0.25) is 10.2 Å². The van der Waals surface area contributed by atoms with Crippen LogP contribution in [0.25, 0.3) is 6.08 Å². The molecule has 1 aliphatic rings. The van der Waals surface area contributed by atoms with Crippen molar-refractivity contribution in [2.24, 2.45) is 0 Å². The minimum atomic E-state index is -0.185. The summed E-state index contributed by atoms with van der Waals surface area (Å²) in [5.74, 6) is 1.06. The van der Waals surface area contributed by atoms with Crippen LogP contribution >= 0.6 is 24.0 Å². The normalized spacial score (nSPS) is 15.5. The number of thioether (sulfide) groups is 1. The first-order valence-electron chi connectivity index (χ1n) is 7.85. The Bertz CT molecular complexity index is 879. The number of rotatable bonds is 5. The minimum absolute atomic E-state index is 0.185. The van der Waals surface area contributed by atoms with Crippen molar-refractivity contribution in [3.05, 3.63) is 58.5 Å². The lowest BCUT2D eigenvalue weighted by atomic mass is 10.2. The SMILES string of the molecule is COc1ccc(/C=C2/SC(=S)N(Nc3ccc(C)cc3)C2=O)cc1OC. The molecule has 134 valence electrons. The minimum Gasteiger partial charge on any atom is -0.493 e. The van der Waals surface area contributed by atoms with Crippen LogP contribution in [0, 0.1) is 6.92 Å². The lowest BCUT2D eigenvalue weighted by Gasteiger charge is -2.17. The summed E-state index contributed by atoms with van der Waals surface area (Å²) >= 11 is 6.60. The van der Waals surface area contributed by atoms with E-state index in [9.17, 15) is 4.79 Å². The Morgan fingerprint density at radius 2 is 1.77 bits per heavy atom. The molecule has 0 bridgehead atoms. The average molecular weight is 386 g/mol. The monoisotopic (exact) mass is 386 g/mol. The first-order valence-corrected chi connectivity index (χ1v) is 9.07. The lowest BCUT2D eigenvalue weighted by Crippen LogP contribution is -2.33. The van der Waals surface area contributed by atoms with Crippen molar-refractivity contribution >= 4 is 46.0 Å². The van der Waals surface area contributed by atoms with Crippen LogP contribution in [0.1, 0.15) is 11.1 Å². The van der Waals surface area contributed by atoms with E-state index in [4.69, 9.17) is 21.7 Å². The van der Waals surface area contributed by atoms with Crippen LogP contribution in [-0.4, -0.2) is 29.5 Å². The zero-order valence-electron chi connectivity index (χ0n) is 14.6. The van der Waals surface area contributed by atoms with E-state index in [0.29, 0.717) is 20.7 Å². The molecule has 5 nitrogen and oxygen atoms in total. The molecule has 0 saturated carbocycles. The van der Waals surface area contributed by atoms with Crippen molar-refractivity contribution in [1.29, 1.82) is 0 Å². The molecular weight excluding hydrogens is 368 g/mol. The van der Waals surface area contributed by atoms with Gasteiger partial charge in [-0.05, 0) is 55.0 Å². The molecule has 1 amide bonds. The van der Waals surface area contributed by atoms with Gasteiger partial charge in [-0.2, -0.15) is 0 Å². The highest BCUT2D eigenvalue weighted by Crippen LogP contribution is 2.34. The Morgan fingerprint density at radius 1 is 1.08 bits per heavy atom. The van der Waals surface area contributed by atoms with Crippen LogP contribution in [0.15, 0.2) is 47.4 Å². The highest BCUT2D eigenvalue weighted by Gasteiger charge is 2.32. The van der Waals surface area contributed by atoms with Gasteiger partial charge in [0.25, 0.3) is 5.91 Å². The number of thiocarbonyl (C=S) groups is 1. The number of anilines is 1. The molecule has 26 heavy (non-hydrogen) atoms.